The highest BCUT2D eigenvalue weighted by atomic mass is 19.4. The third kappa shape index (κ3) is 2.99. The molecule has 5 aliphatic rings. The van der Waals surface area contributed by atoms with Crippen LogP contribution < -0.4 is 9.80 Å². The lowest BCUT2D eigenvalue weighted by atomic mass is 9.60. The molecule has 4 atom stereocenters. The Kier molecular flexibility index (Phi) is 4.21. The van der Waals surface area contributed by atoms with Gasteiger partial charge in [0, 0.05) is 38.0 Å². The molecule has 2 bridgehead atoms. The Hall–Kier alpha value is -2.20. The van der Waals surface area contributed by atoms with Crippen molar-refractivity contribution in [2.75, 3.05) is 29.4 Å². The van der Waals surface area contributed by atoms with Crippen molar-refractivity contribution in [1.29, 1.82) is 0 Å². The third-order valence-electron chi connectivity index (χ3n) is 7.10. The lowest BCUT2D eigenvalue weighted by molar-refractivity contribution is -0.160. The average molecular weight is 432 g/mol. The van der Waals surface area contributed by atoms with E-state index >= 15 is 0 Å². The molecular weight excluding hydrogens is 411 g/mol. The molecule has 3 saturated heterocycles. The predicted molar refractivity (Wildman–Crippen MR) is 95.6 cm³/mol. The zero-order valence-electron chi connectivity index (χ0n) is 16.0. The van der Waals surface area contributed by atoms with Crippen LogP contribution >= 0.6 is 0 Å². The van der Waals surface area contributed by atoms with E-state index in [0.29, 0.717) is 24.5 Å². The third-order valence-corrected chi connectivity index (χ3v) is 7.10. The Morgan fingerprint density at radius 3 is 2.47 bits per heavy atom. The fourth-order valence-corrected chi connectivity index (χ4v) is 5.45. The minimum atomic E-state index is -4.47. The molecule has 0 aromatic carbocycles. The van der Waals surface area contributed by atoms with Crippen LogP contribution in [0.2, 0.25) is 0 Å². The Bertz CT molecular complexity index is 880. The van der Waals surface area contributed by atoms with Crippen molar-refractivity contribution in [2.24, 2.45) is 17.8 Å². The number of carboxylic acid groups (broad SMARTS) is 1. The van der Waals surface area contributed by atoms with Gasteiger partial charge in [-0.25, -0.2) is 4.98 Å². The van der Waals surface area contributed by atoms with Gasteiger partial charge in [0.25, 0.3) is 5.92 Å². The van der Waals surface area contributed by atoms with E-state index in [2.05, 4.69) is 9.97 Å². The molecule has 4 heterocycles. The van der Waals surface area contributed by atoms with Gasteiger partial charge in [-0.1, -0.05) is 0 Å². The van der Waals surface area contributed by atoms with Crippen LogP contribution in [0.1, 0.15) is 36.9 Å². The summed E-state index contributed by atoms with van der Waals surface area (Å²) < 4.78 is 68.6. The normalized spacial score (nSPS) is 31.8. The van der Waals surface area contributed by atoms with Gasteiger partial charge in [-0.15, -0.1) is 0 Å². The van der Waals surface area contributed by atoms with E-state index in [0.717, 1.165) is 11.3 Å². The summed E-state index contributed by atoms with van der Waals surface area (Å²) in [6, 6.07) is -1.76. The van der Waals surface area contributed by atoms with Crippen molar-refractivity contribution < 1.29 is 31.9 Å². The van der Waals surface area contributed by atoms with Crippen LogP contribution in [-0.4, -0.2) is 52.9 Å². The zero-order chi connectivity index (χ0) is 21.4. The van der Waals surface area contributed by atoms with Crippen molar-refractivity contribution >= 4 is 17.7 Å². The number of hydrogen-bond acceptors (Lipinski definition) is 5. The first-order valence-electron chi connectivity index (χ1n) is 10.1. The van der Waals surface area contributed by atoms with Crippen molar-refractivity contribution in [1.82, 2.24) is 9.97 Å². The van der Waals surface area contributed by atoms with Gasteiger partial charge in [0.15, 0.2) is 0 Å². The number of carbonyl (C=O) groups is 1. The number of anilines is 2. The summed E-state index contributed by atoms with van der Waals surface area (Å²) in [7, 11) is 0. The van der Waals surface area contributed by atoms with Crippen molar-refractivity contribution in [3.63, 3.8) is 0 Å². The highest BCUT2D eigenvalue weighted by Crippen LogP contribution is 2.51. The predicted octanol–water partition coefficient (Wildman–Crippen LogP) is 3.20. The number of aromatic nitrogens is 2. The number of aliphatic carboxylic acids is 1. The van der Waals surface area contributed by atoms with Crippen LogP contribution in [0.5, 0.6) is 0 Å². The second kappa shape index (κ2) is 6.40. The zero-order valence-corrected chi connectivity index (χ0v) is 16.0. The summed E-state index contributed by atoms with van der Waals surface area (Å²) in [4.78, 5) is 22.1. The van der Waals surface area contributed by atoms with E-state index in [4.69, 9.17) is 5.11 Å². The average Bonchev–Trinajstić information content (AvgIpc) is 2.92. The maximum absolute atomic E-state index is 14.5. The molecule has 0 radical (unpaired) electrons. The van der Waals surface area contributed by atoms with Crippen LogP contribution in [0, 0.1) is 17.8 Å². The Labute approximate surface area is 169 Å². The molecule has 11 heteroatoms. The monoisotopic (exact) mass is 432 g/mol. The molecular formula is C19H21F5N4O2. The van der Waals surface area contributed by atoms with Gasteiger partial charge in [0.2, 0.25) is 5.95 Å². The molecule has 3 aliphatic heterocycles. The summed E-state index contributed by atoms with van der Waals surface area (Å²) in [5.74, 6) is -3.73. The van der Waals surface area contributed by atoms with Crippen LogP contribution in [0.15, 0.2) is 0 Å². The fraction of sp³-hybridized carbons (Fsp3) is 0.737. The second-order valence-electron chi connectivity index (χ2n) is 8.84. The highest BCUT2D eigenvalue weighted by Gasteiger charge is 2.52. The molecule has 1 unspecified atom stereocenters. The number of alkyl halides is 5. The van der Waals surface area contributed by atoms with Gasteiger partial charge < -0.3 is 14.9 Å². The molecule has 6 nitrogen and oxygen atoms in total. The lowest BCUT2D eigenvalue weighted by Gasteiger charge is -2.54. The molecule has 1 aromatic heterocycles. The Balaban J connectivity index is 1.47. The Morgan fingerprint density at radius 1 is 1.20 bits per heavy atom. The van der Waals surface area contributed by atoms with Crippen LogP contribution in [-0.2, 0) is 17.1 Å². The molecule has 1 saturated carbocycles. The number of carboxylic acids is 1. The first kappa shape index (κ1) is 19.7. The van der Waals surface area contributed by atoms with E-state index in [-0.39, 0.29) is 49.5 Å². The molecule has 0 spiro atoms. The quantitative estimate of drug-likeness (QED) is 0.737. The highest BCUT2D eigenvalue weighted by molar-refractivity contribution is 5.67. The van der Waals surface area contributed by atoms with Gasteiger partial charge in [0.05, 0.1) is 0 Å². The number of fused-ring (bicyclic) bond motifs is 3. The number of piperidine rings is 2. The first-order chi connectivity index (χ1) is 14.0. The maximum atomic E-state index is 14.5. The molecule has 30 heavy (non-hydrogen) atoms. The molecule has 6 rings (SSSR count). The van der Waals surface area contributed by atoms with Crippen LogP contribution in [0.3, 0.4) is 0 Å². The molecule has 2 aliphatic carbocycles. The maximum Gasteiger partial charge on any atom is 0.408 e. The molecule has 1 aromatic rings. The number of halogens is 5. The summed E-state index contributed by atoms with van der Waals surface area (Å²) in [6.07, 6.45) is -3.98. The van der Waals surface area contributed by atoms with E-state index in [1.165, 1.54) is 0 Å². The van der Waals surface area contributed by atoms with Crippen molar-refractivity contribution in [3.8, 4) is 0 Å². The van der Waals surface area contributed by atoms with E-state index in [1.54, 1.807) is 0 Å². The molecule has 0 amide bonds. The largest absolute Gasteiger partial charge is 0.481 e. The van der Waals surface area contributed by atoms with Gasteiger partial charge in [-0.3, -0.25) is 4.79 Å². The molecule has 164 valence electrons. The SMILES string of the molecule is O=C(O)CC1[C@@H]2C[C@H]1CN(c1nc(N3CC[C@@H]3C(F)(F)F)nc3c1CCC3(F)F)C2. The smallest absolute Gasteiger partial charge is 0.408 e. The number of rotatable bonds is 4. The molecule has 1 N–H and O–H groups in total. The standard InChI is InChI=1S/C19H21F5N4O2/c20-18(21)3-1-11-15(18)25-17(28-4-2-13(28)19(22,23)24)26-16(11)27-7-9-5-10(8-27)12(9)6-14(29)30/h9-10,12-13H,1-8H2,(H,29,30)/t9-,10+,12?,13-/m1/s1. The van der Waals surface area contributed by atoms with Crippen LogP contribution in [0.4, 0.5) is 33.7 Å². The van der Waals surface area contributed by atoms with Gasteiger partial charge in [-0.2, -0.15) is 26.9 Å². The Morgan fingerprint density at radius 2 is 1.90 bits per heavy atom. The van der Waals surface area contributed by atoms with E-state index < -0.39 is 36.2 Å². The minimum Gasteiger partial charge on any atom is -0.481 e. The summed E-state index contributed by atoms with van der Waals surface area (Å²) in [6.45, 7) is 1.02. The number of nitrogens with zero attached hydrogens (tertiary/aromatic N) is 4. The molecule has 4 fully saturated rings. The van der Waals surface area contributed by atoms with Crippen molar-refractivity contribution in [2.45, 2.75) is 50.2 Å². The fourth-order valence-electron chi connectivity index (χ4n) is 5.45. The lowest BCUT2D eigenvalue weighted by Crippen LogP contribution is -2.57. The summed E-state index contributed by atoms with van der Waals surface area (Å²) in [5.41, 5.74) is -0.152. The van der Waals surface area contributed by atoms with Crippen LogP contribution in [0.25, 0.3) is 0 Å². The first-order valence-corrected chi connectivity index (χ1v) is 10.1. The topological polar surface area (TPSA) is 69.6 Å². The van der Waals surface area contributed by atoms with Crippen molar-refractivity contribution in [3.05, 3.63) is 11.3 Å². The van der Waals surface area contributed by atoms with Gasteiger partial charge in [0.1, 0.15) is 17.6 Å². The summed E-state index contributed by atoms with van der Waals surface area (Å²) in [5, 5.41) is 9.08. The van der Waals surface area contributed by atoms with Gasteiger partial charge in [-0.05, 0) is 37.0 Å². The number of hydrogen-bond donors (Lipinski definition) is 1. The van der Waals surface area contributed by atoms with E-state index in [1.807, 2.05) is 4.90 Å². The van der Waals surface area contributed by atoms with E-state index in [9.17, 15) is 26.7 Å². The summed E-state index contributed by atoms with van der Waals surface area (Å²) >= 11 is 0. The second-order valence-corrected chi connectivity index (χ2v) is 8.84. The minimum absolute atomic E-state index is 0.0551. The van der Waals surface area contributed by atoms with Gasteiger partial charge >= 0.3 is 12.1 Å².